The van der Waals surface area contributed by atoms with E-state index in [-0.39, 0.29) is 18.8 Å². The molecule has 138 valence electrons. The topological polar surface area (TPSA) is 78.6 Å². The number of Topliss-reactive ketones (excluding diaryl/α,β-unsaturated/α-hetero) is 1. The van der Waals surface area contributed by atoms with E-state index < -0.39 is 5.97 Å². The van der Waals surface area contributed by atoms with Gasteiger partial charge in [-0.25, -0.2) is 4.98 Å². The van der Waals surface area contributed by atoms with Crippen molar-refractivity contribution in [2.24, 2.45) is 0 Å². The number of methoxy groups -OCH3 is 1. The van der Waals surface area contributed by atoms with Gasteiger partial charge in [-0.05, 0) is 25.1 Å². The fourth-order valence-corrected chi connectivity index (χ4v) is 2.60. The molecule has 0 aliphatic rings. The van der Waals surface area contributed by atoms with Gasteiger partial charge in [-0.1, -0.05) is 30.3 Å². The van der Waals surface area contributed by atoms with Crippen LogP contribution in [0.25, 0.3) is 11.3 Å². The van der Waals surface area contributed by atoms with Gasteiger partial charge in [0.25, 0.3) is 0 Å². The Morgan fingerprint density at radius 3 is 2.59 bits per heavy atom. The van der Waals surface area contributed by atoms with Crippen LogP contribution in [0.2, 0.25) is 0 Å². The zero-order chi connectivity index (χ0) is 19.2. The molecule has 0 radical (unpaired) electrons. The molecule has 0 fully saturated rings. The van der Waals surface area contributed by atoms with E-state index in [0.29, 0.717) is 28.5 Å². The molecule has 0 bridgehead atoms. The van der Waals surface area contributed by atoms with E-state index in [1.807, 2.05) is 30.3 Å². The van der Waals surface area contributed by atoms with Crippen molar-refractivity contribution in [1.82, 2.24) is 4.98 Å². The highest BCUT2D eigenvalue weighted by atomic mass is 16.5. The molecule has 2 aromatic carbocycles. The second-order valence-electron chi connectivity index (χ2n) is 5.90. The van der Waals surface area contributed by atoms with Crippen LogP contribution in [0.3, 0.4) is 0 Å². The second kappa shape index (κ2) is 8.31. The number of rotatable bonds is 7. The fourth-order valence-electron chi connectivity index (χ4n) is 2.60. The Morgan fingerprint density at radius 1 is 1.11 bits per heavy atom. The Labute approximate surface area is 156 Å². The molecule has 0 unspecified atom stereocenters. The van der Waals surface area contributed by atoms with Gasteiger partial charge >= 0.3 is 5.97 Å². The largest absolute Gasteiger partial charge is 0.496 e. The van der Waals surface area contributed by atoms with Crippen LogP contribution in [-0.2, 0) is 22.6 Å². The fraction of sp³-hybridized carbons (Fsp3) is 0.190. The molecule has 6 nitrogen and oxygen atoms in total. The number of esters is 1. The molecule has 0 aliphatic heterocycles. The Hall–Kier alpha value is -3.41. The quantitative estimate of drug-likeness (QED) is 0.468. The minimum Gasteiger partial charge on any atom is -0.496 e. The summed E-state index contributed by atoms with van der Waals surface area (Å²) < 4.78 is 16.1. The molecule has 0 aliphatic carbocycles. The van der Waals surface area contributed by atoms with Gasteiger partial charge in [0.05, 0.1) is 19.7 Å². The molecule has 27 heavy (non-hydrogen) atoms. The normalized spacial score (nSPS) is 10.4. The Balaban J connectivity index is 1.63. The molecule has 0 amide bonds. The first-order valence-corrected chi connectivity index (χ1v) is 8.40. The molecule has 1 heterocycles. The van der Waals surface area contributed by atoms with Crippen LogP contribution in [0.15, 0.2) is 59.1 Å². The summed E-state index contributed by atoms with van der Waals surface area (Å²) in [7, 11) is 1.51. The zero-order valence-electron chi connectivity index (χ0n) is 15.1. The van der Waals surface area contributed by atoms with E-state index in [1.54, 1.807) is 24.4 Å². The molecule has 0 atom stereocenters. The third-order valence-corrected chi connectivity index (χ3v) is 3.99. The summed E-state index contributed by atoms with van der Waals surface area (Å²) >= 11 is 0. The first-order valence-electron chi connectivity index (χ1n) is 8.40. The summed E-state index contributed by atoms with van der Waals surface area (Å²) in [6, 6.07) is 14.5. The van der Waals surface area contributed by atoms with Crippen molar-refractivity contribution in [3.05, 3.63) is 71.7 Å². The molecule has 0 saturated carbocycles. The van der Waals surface area contributed by atoms with E-state index in [0.717, 1.165) is 5.56 Å². The van der Waals surface area contributed by atoms with Crippen LogP contribution in [0, 0.1) is 0 Å². The molecule has 0 saturated heterocycles. The second-order valence-corrected chi connectivity index (χ2v) is 5.90. The first kappa shape index (κ1) is 18.4. The number of carbonyl (C=O) groups excluding carboxylic acids is 2. The number of ketones is 1. The number of nitrogens with zero attached hydrogens (tertiary/aromatic N) is 1. The average molecular weight is 365 g/mol. The van der Waals surface area contributed by atoms with Gasteiger partial charge in [-0.2, -0.15) is 0 Å². The van der Waals surface area contributed by atoms with Crippen molar-refractivity contribution >= 4 is 11.8 Å². The summed E-state index contributed by atoms with van der Waals surface area (Å²) in [5.41, 5.74) is 2.00. The third-order valence-electron chi connectivity index (χ3n) is 3.99. The lowest BCUT2D eigenvalue weighted by atomic mass is 10.0. The highest BCUT2D eigenvalue weighted by Crippen LogP contribution is 2.22. The summed E-state index contributed by atoms with van der Waals surface area (Å²) in [5.74, 6) is 0.900. The lowest BCUT2D eigenvalue weighted by Crippen LogP contribution is -2.10. The number of aromatic nitrogens is 1. The third kappa shape index (κ3) is 4.61. The lowest BCUT2D eigenvalue weighted by Gasteiger charge is -2.09. The van der Waals surface area contributed by atoms with Crippen LogP contribution < -0.4 is 4.74 Å². The molecule has 6 heteroatoms. The van der Waals surface area contributed by atoms with Gasteiger partial charge in [0.15, 0.2) is 18.2 Å². The van der Waals surface area contributed by atoms with Gasteiger partial charge in [0, 0.05) is 16.7 Å². The van der Waals surface area contributed by atoms with Crippen molar-refractivity contribution in [2.45, 2.75) is 20.0 Å². The van der Waals surface area contributed by atoms with Crippen molar-refractivity contribution in [1.29, 1.82) is 0 Å². The van der Waals surface area contributed by atoms with Crippen molar-refractivity contribution in [2.75, 3.05) is 7.11 Å². The predicted octanol–water partition coefficient (Wildman–Crippen LogP) is 3.84. The van der Waals surface area contributed by atoms with E-state index >= 15 is 0 Å². The van der Waals surface area contributed by atoms with Gasteiger partial charge in [-0.3, -0.25) is 9.59 Å². The van der Waals surface area contributed by atoms with Crippen molar-refractivity contribution in [3.8, 4) is 17.1 Å². The smallest absolute Gasteiger partial charge is 0.310 e. The van der Waals surface area contributed by atoms with Crippen LogP contribution in [0.5, 0.6) is 5.75 Å². The van der Waals surface area contributed by atoms with Crippen molar-refractivity contribution < 1.29 is 23.5 Å². The zero-order valence-corrected chi connectivity index (χ0v) is 15.1. The minimum atomic E-state index is -0.464. The Morgan fingerprint density at radius 2 is 1.89 bits per heavy atom. The number of carbonyl (C=O) groups is 2. The predicted molar refractivity (Wildman–Crippen MR) is 98.4 cm³/mol. The van der Waals surface area contributed by atoms with E-state index in [1.165, 1.54) is 14.0 Å². The van der Waals surface area contributed by atoms with Gasteiger partial charge in [0.1, 0.15) is 5.75 Å². The van der Waals surface area contributed by atoms with Gasteiger partial charge in [0.2, 0.25) is 5.89 Å². The monoisotopic (exact) mass is 365 g/mol. The minimum absolute atomic E-state index is 0.0173. The van der Waals surface area contributed by atoms with Crippen LogP contribution in [0.4, 0.5) is 0 Å². The molecule has 3 rings (SSSR count). The maximum atomic E-state index is 12.2. The number of oxazole rings is 1. The highest BCUT2D eigenvalue weighted by Gasteiger charge is 2.14. The molecular formula is C21H19NO5. The molecule has 0 spiro atoms. The number of ether oxygens (including phenoxy) is 2. The number of hydrogen-bond acceptors (Lipinski definition) is 6. The van der Waals surface area contributed by atoms with E-state index in [9.17, 15) is 9.59 Å². The molecule has 1 aromatic heterocycles. The molecule has 3 aromatic rings. The summed E-state index contributed by atoms with van der Waals surface area (Å²) in [6.07, 6.45) is 1.58. The first-order chi connectivity index (χ1) is 13.1. The van der Waals surface area contributed by atoms with Crippen molar-refractivity contribution in [3.63, 3.8) is 0 Å². The standard InChI is InChI=1S/C21H19NO5/c1-14(23)16-8-9-18(25-2)17(10-16)11-21(24)26-13-20-22-12-19(27-20)15-6-4-3-5-7-15/h3-10,12H,11,13H2,1-2H3. The van der Waals surface area contributed by atoms with Gasteiger partial charge < -0.3 is 13.9 Å². The number of benzene rings is 2. The van der Waals surface area contributed by atoms with Crippen LogP contribution in [-0.4, -0.2) is 23.8 Å². The molecule has 0 N–H and O–H groups in total. The van der Waals surface area contributed by atoms with Gasteiger partial charge in [-0.15, -0.1) is 0 Å². The Bertz CT molecular complexity index is 946. The summed E-state index contributed by atoms with van der Waals surface area (Å²) in [5, 5.41) is 0. The Kier molecular flexibility index (Phi) is 5.66. The van der Waals surface area contributed by atoms with Crippen LogP contribution in [0.1, 0.15) is 28.7 Å². The van der Waals surface area contributed by atoms with Crippen LogP contribution >= 0.6 is 0 Å². The lowest BCUT2D eigenvalue weighted by molar-refractivity contribution is -0.144. The van der Waals surface area contributed by atoms with E-state index in [4.69, 9.17) is 13.9 Å². The maximum Gasteiger partial charge on any atom is 0.310 e. The number of hydrogen-bond donors (Lipinski definition) is 0. The SMILES string of the molecule is COc1ccc(C(C)=O)cc1CC(=O)OCc1ncc(-c2ccccc2)o1. The average Bonchev–Trinajstić information content (AvgIpc) is 3.16. The summed E-state index contributed by atoms with van der Waals surface area (Å²) in [4.78, 5) is 27.8. The molecular weight excluding hydrogens is 346 g/mol. The highest BCUT2D eigenvalue weighted by molar-refractivity contribution is 5.94. The maximum absolute atomic E-state index is 12.2. The van der Waals surface area contributed by atoms with E-state index in [2.05, 4.69) is 4.98 Å². The summed E-state index contributed by atoms with van der Waals surface area (Å²) in [6.45, 7) is 1.40.